The second-order valence-electron chi connectivity index (χ2n) is 4.98. The molecule has 0 amide bonds. The van der Waals surface area contributed by atoms with Gasteiger partial charge in [0.2, 0.25) is 0 Å². The van der Waals surface area contributed by atoms with E-state index < -0.39 is 0 Å². The number of benzene rings is 1. The van der Waals surface area contributed by atoms with Crippen molar-refractivity contribution >= 4 is 11.0 Å². The van der Waals surface area contributed by atoms with E-state index in [-0.39, 0.29) is 0 Å². The van der Waals surface area contributed by atoms with Crippen molar-refractivity contribution in [2.45, 2.75) is 46.7 Å². The molecular weight excluding hydrogens is 238 g/mol. The molecule has 0 saturated heterocycles. The van der Waals surface area contributed by atoms with Crippen LogP contribution < -0.4 is 10.1 Å². The van der Waals surface area contributed by atoms with E-state index in [1.807, 2.05) is 19.1 Å². The van der Waals surface area contributed by atoms with Crippen molar-refractivity contribution in [1.29, 1.82) is 0 Å². The van der Waals surface area contributed by atoms with Crippen molar-refractivity contribution < 1.29 is 9.15 Å². The average molecular weight is 261 g/mol. The zero-order valence-corrected chi connectivity index (χ0v) is 12.2. The SMILES string of the molecule is CCOc1ccc2oc(CNC(C)C)c(CC)c2c1. The minimum atomic E-state index is 0.455. The van der Waals surface area contributed by atoms with Gasteiger partial charge >= 0.3 is 0 Å². The number of hydrogen-bond acceptors (Lipinski definition) is 3. The Morgan fingerprint density at radius 2 is 2.05 bits per heavy atom. The molecule has 2 rings (SSSR count). The lowest BCUT2D eigenvalue weighted by atomic mass is 10.1. The maximum absolute atomic E-state index is 5.96. The minimum absolute atomic E-state index is 0.455. The van der Waals surface area contributed by atoms with Crippen molar-refractivity contribution in [1.82, 2.24) is 5.32 Å². The van der Waals surface area contributed by atoms with E-state index in [2.05, 4.69) is 32.2 Å². The number of furan rings is 1. The molecule has 3 heteroatoms. The maximum Gasteiger partial charge on any atom is 0.134 e. The molecule has 19 heavy (non-hydrogen) atoms. The minimum Gasteiger partial charge on any atom is -0.494 e. The Labute approximate surface area is 114 Å². The smallest absolute Gasteiger partial charge is 0.134 e. The predicted molar refractivity (Wildman–Crippen MR) is 78.7 cm³/mol. The normalized spacial score (nSPS) is 11.4. The number of rotatable bonds is 6. The molecule has 0 fully saturated rings. The van der Waals surface area contributed by atoms with Gasteiger partial charge in [-0.1, -0.05) is 20.8 Å². The van der Waals surface area contributed by atoms with E-state index in [0.29, 0.717) is 12.6 Å². The van der Waals surface area contributed by atoms with Crippen molar-refractivity contribution in [2.24, 2.45) is 0 Å². The Bertz CT molecular complexity index is 543. The third kappa shape index (κ3) is 3.10. The summed E-state index contributed by atoms with van der Waals surface area (Å²) in [5.41, 5.74) is 2.23. The van der Waals surface area contributed by atoms with E-state index in [4.69, 9.17) is 9.15 Å². The number of nitrogens with one attached hydrogen (secondary N) is 1. The average Bonchev–Trinajstić information content (AvgIpc) is 2.73. The summed E-state index contributed by atoms with van der Waals surface area (Å²) in [4.78, 5) is 0. The molecule has 0 aliphatic rings. The highest BCUT2D eigenvalue weighted by atomic mass is 16.5. The summed E-state index contributed by atoms with van der Waals surface area (Å²) in [5, 5.41) is 4.59. The summed E-state index contributed by atoms with van der Waals surface area (Å²) in [6, 6.07) is 6.50. The van der Waals surface area contributed by atoms with E-state index in [0.717, 1.165) is 30.1 Å². The molecule has 0 bridgehead atoms. The lowest BCUT2D eigenvalue weighted by Gasteiger charge is -2.06. The van der Waals surface area contributed by atoms with Crippen LogP contribution in [-0.2, 0) is 13.0 Å². The molecule has 2 aromatic rings. The van der Waals surface area contributed by atoms with Gasteiger partial charge < -0.3 is 14.5 Å². The molecule has 0 unspecified atom stereocenters. The van der Waals surface area contributed by atoms with Crippen LogP contribution in [0.15, 0.2) is 22.6 Å². The fourth-order valence-electron chi connectivity index (χ4n) is 2.26. The van der Waals surface area contributed by atoms with Crippen molar-refractivity contribution in [3.63, 3.8) is 0 Å². The van der Waals surface area contributed by atoms with Gasteiger partial charge in [-0.3, -0.25) is 0 Å². The van der Waals surface area contributed by atoms with Gasteiger partial charge in [0, 0.05) is 17.0 Å². The summed E-state index contributed by atoms with van der Waals surface area (Å²) in [7, 11) is 0. The van der Waals surface area contributed by atoms with Crippen molar-refractivity contribution in [3.8, 4) is 5.75 Å². The Hall–Kier alpha value is -1.48. The number of ether oxygens (including phenoxy) is 1. The summed E-state index contributed by atoms with van der Waals surface area (Å²) in [5.74, 6) is 1.95. The first kappa shape index (κ1) is 13.9. The molecule has 1 heterocycles. The molecule has 0 radical (unpaired) electrons. The third-order valence-corrected chi connectivity index (χ3v) is 3.18. The van der Waals surface area contributed by atoms with Gasteiger partial charge in [-0.25, -0.2) is 0 Å². The molecule has 0 spiro atoms. The Morgan fingerprint density at radius 3 is 2.68 bits per heavy atom. The van der Waals surface area contributed by atoms with Crippen LogP contribution in [0.25, 0.3) is 11.0 Å². The van der Waals surface area contributed by atoms with Crippen LogP contribution in [-0.4, -0.2) is 12.6 Å². The topological polar surface area (TPSA) is 34.4 Å². The fourth-order valence-corrected chi connectivity index (χ4v) is 2.26. The highest BCUT2D eigenvalue weighted by Crippen LogP contribution is 2.30. The van der Waals surface area contributed by atoms with E-state index in [1.165, 1.54) is 10.9 Å². The predicted octanol–water partition coefficient (Wildman–Crippen LogP) is 3.89. The lowest BCUT2D eigenvalue weighted by molar-refractivity contribution is 0.340. The maximum atomic E-state index is 5.96. The largest absolute Gasteiger partial charge is 0.494 e. The quantitative estimate of drug-likeness (QED) is 0.856. The molecule has 0 atom stereocenters. The number of aryl methyl sites for hydroxylation is 1. The van der Waals surface area contributed by atoms with Gasteiger partial charge in [0.25, 0.3) is 0 Å². The zero-order valence-electron chi connectivity index (χ0n) is 12.2. The molecule has 0 aliphatic carbocycles. The molecule has 1 aromatic heterocycles. The number of hydrogen-bond donors (Lipinski definition) is 1. The number of fused-ring (bicyclic) bond motifs is 1. The van der Waals surface area contributed by atoms with Crippen LogP contribution in [0, 0.1) is 0 Å². The lowest BCUT2D eigenvalue weighted by Crippen LogP contribution is -2.22. The van der Waals surface area contributed by atoms with Crippen LogP contribution in [0.2, 0.25) is 0 Å². The Kier molecular flexibility index (Phi) is 4.48. The second kappa shape index (κ2) is 6.11. The first-order chi connectivity index (χ1) is 9.15. The molecular formula is C16H23NO2. The highest BCUT2D eigenvalue weighted by Gasteiger charge is 2.13. The fraction of sp³-hybridized carbons (Fsp3) is 0.500. The van der Waals surface area contributed by atoms with E-state index in [1.54, 1.807) is 0 Å². The van der Waals surface area contributed by atoms with Gasteiger partial charge in [-0.15, -0.1) is 0 Å². The van der Waals surface area contributed by atoms with Crippen LogP contribution in [0.4, 0.5) is 0 Å². The zero-order chi connectivity index (χ0) is 13.8. The standard InChI is InChI=1S/C16H23NO2/c1-5-13-14-9-12(18-6-2)7-8-15(14)19-16(13)10-17-11(3)4/h7-9,11,17H,5-6,10H2,1-4H3. The van der Waals surface area contributed by atoms with E-state index >= 15 is 0 Å². The first-order valence-electron chi connectivity index (χ1n) is 7.06. The van der Waals surface area contributed by atoms with Gasteiger partial charge in [0.15, 0.2) is 0 Å². The van der Waals surface area contributed by atoms with Gasteiger partial charge in [0.1, 0.15) is 17.1 Å². The summed E-state index contributed by atoms with van der Waals surface area (Å²) >= 11 is 0. The van der Waals surface area contributed by atoms with E-state index in [9.17, 15) is 0 Å². The van der Waals surface area contributed by atoms with Crippen LogP contribution in [0.5, 0.6) is 5.75 Å². The van der Waals surface area contributed by atoms with Gasteiger partial charge in [-0.2, -0.15) is 0 Å². The molecule has 104 valence electrons. The Morgan fingerprint density at radius 1 is 1.26 bits per heavy atom. The second-order valence-corrected chi connectivity index (χ2v) is 4.98. The molecule has 1 aromatic carbocycles. The van der Waals surface area contributed by atoms with Crippen molar-refractivity contribution in [2.75, 3.05) is 6.61 Å². The molecule has 0 saturated carbocycles. The van der Waals surface area contributed by atoms with Crippen LogP contribution in [0.3, 0.4) is 0 Å². The summed E-state index contributed by atoms with van der Waals surface area (Å²) in [6.45, 7) is 9.91. The molecule has 1 N–H and O–H groups in total. The van der Waals surface area contributed by atoms with Gasteiger partial charge in [-0.05, 0) is 31.5 Å². The highest BCUT2D eigenvalue weighted by molar-refractivity contribution is 5.83. The third-order valence-electron chi connectivity index (χ3n) is 3.18. The monoisotopic (exact) mass is 261 g/mol. The summed E-state index contributed by atoms with van der Waals surface area (Å²) < 4.78 is 11.5. The van der Waals surface area contributed by atoms with Crippen LogP contribution in [0.1, 0.15) is 39.0 Å². The van der Waals surface area contributed by atoms with Crippen molar-refractivity contribution in [3.05, 3.63) is 29.5 Å². The van der Waals surface area contributed by atoms with Crippen LogP contribution >= 0.6 is 0 Å². The summed E-state index contributed by atoms with van der Waals surface area (Å²) in [6.07, 6.45) is 0.970. The van der Waals surface area contributed by atoms with Gasteiger partial charge in [0.05, 0.1) is 13.2 Å². The molecule has 3 nitrogen and oxygen atoms in total. The molecule has 0 aliphatic heterocycles. The first-order valence-corrected chi connectivity index (χ1v) is 7.06. The Balaban J connectivity index is 2.37.